The number of nitrogens with zero attached hydrogens (tertiary/aromatic N) is 1. The summed E-state index contributed by atoms with van der Waals surface area (Å²) in [6, 6.07) is 0. The fourth-order valence-electron chi connectivity index (χ4n) is 1.69. The molecule has 0 saturated carbocycles. The van der Waals surface area contributed by atoms with Crippen molar-refractivity contribution in [1.29, 1.82) is 0 Å². The van der Waals surface area contributed by atoms with Gasteiger partial charge in [0.2, 0.25) is 5.91 Å². The van der Waals surface area contributed by atoms with Crippen LogP contribution in [0.4, 0.5) is 0 Å². The molecule has 5 nitrogen and oxygen atoms in total. The van der Waals surface area contributed by atoms with E-state index >= 15 is 0 Å². The van der Waals surface area contributed by atoms with E-state index in [1.807, 2.05) is 14.1 Å². The number of carboxylic acid groups (broad SMARTS) is 1. The van der Waals surface area contributed by atoms with Crippen molar-refractivity contribution in [2.45, 2.75) is 27.7 Å². The molecule has 104 valence electrons. The highest BCUT2D eigenvalue weighted by molar-refractivity contribution is 6.01. The molecule has 0 aliphatic carbocycles. The van der Waals surface area contributed by atoms with E-state index in [9.17, 15) is 9.59 Å². The highest BCUT2D eigenvalue weighted by Crippen LogP contribution is 2.14. The first-order chi connectivity index (χ1) is 8.07. The number of amides is 1. The summed E-state index contributed by atoms with van der Waals surface area (Å²) in [6.45, 7) is 8.41. The fraction of sp³-hybridized carbons (Fsp3) is 0.692. The van der Waals surface area contributed by atoms with Crippen LogP contribution in [0.15, 0.2) is 11.1 Å². The number of carbonyl (C=O) groups is 2. The van der Waals surface area contributed by atoms with Gasteiger partial charge in [-0.2, -0.15) is 0 Å². The van der Waals surface area contributed by atoms with Crippen LogP contribution in [0.1, 0.15) is 27.7 Å². The van der Waals surface area contributed by atoms with Gasteiger partial charge in [0.1, 0.15) is 0 Å². The molecular weight excluding hydrogens is 232 g/mol. The van der Waals surface area contributed by atoms with E-state index in [0.717, 1.165) is 6.54 Å². The number of hydrogen-bond donors (Lipinski definition) is 2. The lowest BCUT2D eigenvalue weighted by Gasteiger charge is -2.28. The van der Waals surface area contributed by atoms with Gasteiger partial charge in [-0.3, -0.25) is 4.79 Å². The molecule has 0 aliphatic rings. The molecule has 5 heteroatoms. The minimum absolute atomic E-state index is 0.0590. The van der Waals surface area contributed by atoms with Gasteiger partial charge in [0.25, 0.3) is 0 Å². The van der Waals surface area contributed by atoms with Crippen molar-refractivity contribution >= 4 is 11.9 Å². The Bertz CT molecular complexity index is 357. The van der Waals surface area contributed by atoms with Crippen LogP contribution in [0.2, 0.25) is 0 Å². The van der Waals surface area contributed by atoms with Gasteiger partial charge >= 0.3 is 5.97 Å². The molecule has 1 amide bonds. The Morgan fingerprint density at radius 2 is 1.67 bits per heavy atom. The monoisotopic (exact) mass is 256 g/mol. The van der Waals surface area contributed by atoms with Crippen molar-refractivity contribution < 1.29 is 14.7 Å². The van der Waals surface area contributed by atoms with E-state index in [0.29, 0.717) is 6.54 Å². The lowest BCUT2D eigenvalue weighted by molar-refractivity contribution is -0.133. The number of carboxylic acids is 1. The van der Waals surface area contributed by atoms with Crippen molar-refractivity contribution in [1.82, 2.24) is 10.2 Å². The van der Waals surface area contributed by atoms with Crippen molar-refractivity contribution in [2.75, 3.05) is 27.2 Å². The summed E-state index contributed by atoms with van der Waals surface area (Å²) < 4.78 is 0. The summed E-state index contributed by atoms with van der Waals surface area (Å²) in [5, 5.41) is 11.6. The van der Waals surface area contributed by atoms with E-state index in [2.05, 4.69) is 24.1 Å². The zero-order valence-electron chi connectivity index (χ0n) is 12.1. The molecule has 0 unspecified atom stereocenters. The Kier molecular flexibility index (Phi) is 6.05. The normalized spacial score (nSPS) is 13.3. The van der Waals surface area contributed by atoms with E-state index in [1.165, 1.54) is 13.8 Å². The Balaban J connectivity index is 4.52. The summed E-state index contributed by atoms with van der Waals surface area (Å²) in [4.78, 5) is 24.6. The zero-order valence-corrected chi connectivity index (χ0v) is 12.1. The van der Waals surface area contributed by atoms with Gasteiger partial charge in [0.05, 0.1) is 0 Å². The van der Waals surface area contributed by atoms with Crippen molar-refractivity contribution in [3.63, 3.8) is 0 Å². The molecule has 18 heavy (non-hydrogen) atoms. The van der Waals surface area contributed by atoms with E-state index < -0.39 is 5.97 Å². The van der Waals surface area contributed by atoms with Crippen molar-refractivity contribution in [3.05, 3.63) is 11.1 Å². The number of hydrogen-bond acceptors (Lipinski definition) is 3. The van der Waals surface area contributed by atoms with Gasteiger partial charge in [-0.05, 0) is 33.4 Å². The quantitative estimate of drug-likeness (QED) is 0.699. The molecule has 0 rings (SSSR count). The SMILES string of the molecule is CC(C(=O)O)=C(C)C(=O)NCC(C)(C)CN(C)C. The maximum atomic E-state index is 11.8. The maximum Gasteiger partial charge on any atom is 0.331 e. The highest BCUT2D eigenvalue weighted by Gasteiger charge is 2.21. The third-order valence-corrected chi connectivity index (χ3v) is 2.70. The van der Waals surface area contributed by atoms with Crippen LogP contribution in [-0.4, -0.2) is 49.1 Å². The van der Waals surface area contributed by atoms with Gasteiger partial charge in [-0.1, -0.05) is 13.8 Å². The van der Waals surface area contributed by atoms with Gasteiger partial charge in [0, 0.05) is 24.2 Å². The third kappa shape index (κ3) is 5.82. The molecule has 0 heterocycles. The summed E-state index contributed by atoms with van der Waals surface area (Å²) in [6.07, 6.45) is 0. The largest absolute Gasteiger partial charge is 0.478 e. The average molecular weight is 256 g/mol. The lowest BCUT2D eigenvalue weighted by atomic mass is 9.93. The summed E-state index contributed by atoms with van der Waals surface area (Å²) >= 11 is 0. The zero-order chi connectivity index (χ0) is 14.5. The number of nitrogens with one attached hydrogen (secondary N) is 1. The molecule has 0 bridgehead atoms. The van der Waals surface area contributed by atoms with E-state index in [1.54, 1.807) is 0 Å². The summed E-state index contributed by atoms with van der Waals surface area (Å²) in [5.41, 5.74) is 0.275. The molecule has 2 N–H and O–H groups in total. The predicted octanol–water partition coefficient (Wildman–Crippen LogP) is 1.11. The summed E-state index contributed by atoms with van der Waals surface area (Å²) in [5.74, 6) is -1.38. The lowest BCUT2D eigenvalue weighted by Crippen LogP contribution is -2.40. The van der Waals surface area contributed by atoms with Crippen LogP contribution in [-0.2, 0) is 9.59 Å². The second-order valence-electron chi connectivity index (χ2n) is 5.64. The predicted molar refractivity (Wildman–Crippen MR) is 71.4 cm³/mol. The van der Waals surface area contributed by atoms with E-state index in [4.69, 9.17) is 5.11 Å². The van der Waals surface area contributed by atoms with Gasteiger partial charge in [0.15, 0.2) is 0 Å². The second-order valence-corrected chi connectivity index (χ2v) is 5.64. The second kappa shape index (κ2) is 6.54. The van der Waals surface area contributed by atoms with Crippen molar-refractivity contribution in [3.8, 4) is 0 Å². The molecule has 0 aliphatic heterocycles. The van der Waals surface area contributed by atoms with Crippen LogP contribution in [0.25, 0.3) is 0 Å². The van der Waals surface area contributed by atoms with Crippen LogP contribution < -0.4 is 5.32 Å². The Hall–Kier alpha value is -1.36. The molecule has 0 aromatic heterocycles. The minimum atomic E-state index is -1.06. The van der Waals surface area contributed by atoms with Crippen molar-refractivity contribution in [2.24, 2.45) is 5.41 Å². The number of aliphatic carboxylic acids is 1. The van der Waals surface area contributed by atoms with Crippen LogP contribution in [0, 0.1) is 5.41 Å². The number of carbonyl (C=O) groups excluding carboxylic acids is 1. The Labute approximate surface area is 109 Å². The smallest absolute Gasteiger partial charge is 0.331 e. The average Bonchev–Trinajstić information content (AvgIpc) is 2.21. The Morgan fingerprint density at radius 3 is 2.06 bits per heavy atom. The highest BCUT2D eigenvalue weighted by atomic mass is 16.4. The first-order valence-corrected chi connectivity index (χ1v) is 5.90. The first kappa shape index (κ1) is 16.6. The topological polar surface area (TPSA) is 69.6 Å². The summed E-state index contributed by atoms with van der Waals surface area (Å²) in [7, 11) is 3.95. The molecule has 0 radical (unpaired) electrons. The van der Waals surface area contributed by atoms with E-state index in [-0.39, 0.29) is 22.5 Å². The Morgan fingerprint density at radius 1 is 1.17 bits per heavy atom. The molecule has 0 aromatic carbocycles. The standard InChI is InChI=1S/C13H24N2O3/c1-9(10(2)12(17)18)11(16)14-7-13(3,4)8-15(5)6/h7-8H2,1-6H3,(H,14,16)(H,17,18). The number of rotatable bonds is 6. The molecule has 0 spiro atoms. The molecule has 0 fully saturated rings. The van der Waals surface area contributed by atoms with Gasteiger partial charge in [-0.25, -0.2) is 4.79 Å². The first-order valence-electron chi connectivity index (χ1n) is 5.90. The van der Waals surface area contributed by atoms with Gasteiger partial charge in [-0.15, -0.1) is 0 Å². The van der Waals surface area contributed by atoms with Crippen LogP contribution in [0.5, 0.6) is 0 Å². The minimum Gasteiger partial charge on any atom is -0.478 e. The third-order valence-electron chi connectivity index (χ3n) is 2.70. The fourth-order valence-corrected chi connectivity index (χ4v) is 1.69. The maximum absolute atomic E-state index is 11.8. The molecule has 0 aromatic rings. The van der Waals surface area contributed by atoms with Crippen LogP contribution >= 0.6 is 0 Å². The van der Waals surface area contributed by atoms with Crippen LogP contribution in [0.3, 0.4) is 0 Å². The molecule has 0 saturated heterocycles. The van der Waals surface area contributed by atoms with Gasteiger partial charge < -0.3 is 15.3 Å². The molecule has 0 atom stereocenters. The molecular formula is C13H24N2O3.